The Morgan fingerprint density at radius 1 is 1.25 bits per heavy atom. The quantitative estimate of drug-likeness (QED) is 0.251. The number of halogens is 1. The summed E-state index contributed by atoms with van der Waals surface area (Å²) in [5, 5.41) is 29.0. The molecule has 8 nitrogen and oxygen atoms in total. The number of rotatable bonds is 8. The number of anilines is 2. The van der Waals surface area contributed by atoms with E-state index in [1.807, 2.05) is 41.0 Å². The smallest absolute Gasteiger partial charge is 0.163 e. The normalized spacial score (nSPS) is 19.1. The number of fused-ring (bicyclic) bond motifs is 1. The Balaban J connectivity index is 1.40. The number of aliphatic hydroxyl groups is 1. The van der Waals surface area contributed by atoms with Crippen molar-refractivity contribution in [1.29, 1.82) is 0 Å². The van der Waals surface area contributed by atoms with Gasteiger partial charge in [0, 0.05) is 46.6 Å². The summed E-state index contributed by atoms with van der Waals surface area (Å²) in [5.41, 5.74) is 3.84. The fraction of sp³-hybridized carbons (Fsp3) is 0.423. The number of aliphatic hydroxyl groups excluding tert-OH is 1. The summed E-state index contributed by atoms with van der Waals surface area (Å²) in [5.74, 6) is 2.09. The Bertz CT molecular complexity index is 1340. The van der Waals surface area contributed by atoms with Crippen molar-refractivity contribution in [3.05, 3.63) is 57.5 Å². The average molecular weight is 526 g/mol. The van der Waals surface area contributed by atoms with Gasteiger partial charge in [-0.2, -0.15) is 9.61 Å². The van der Waals surface area contributed by atoms with Crippen LogP contribution in [0.15, 0.2) is 41.9 Å². The van der Waals surface area contributed by atoms with Crippen LogP contribution in [0.4, 0.5) is 11.6 Å². The second kappa shape index (κ2) is 10.7. The predicted molar refractivity (Wildman–Crippen MR) is 147 cm³/mol. The zero-order valence-electron chi connectivity index (χ0n) is 20.7. The fourth-order valence-corrected chi connectivity index (χ4v) is 5.53. The predicted octanol–water partition coefficient (Wildman–Crippen LogP) is 5.19. The van der Waals surface area contributed by atoms with Crippen LogP contribution in [-0.2, 0) is 0 Å². The third-order valence-corrected chi connectivity index (χ3v) is 7.90. The van der Waals surface area contributed by atoms with Crippen LogP contribution in [-0.4, -0.2) is 50.4 Å². The molecular weight excluding hydrogens is 494 g/mol. The molecule has 10 heteroatoms. The van der Waals surface area contributed by atoms with Crippen LogP contribution < -0.4 is 16.0 Å². The molecule has 0 aliphatic carbocycles. The Morgan fingerprint density at radius 3 is 2.89 bits per heavy atom. The average Bonchev–Trinajstić information content (AvgIpc) is 3.52. The van der Waals surface area contributed by atoms with Crippen molar-refractivity contribution < 1.29 is 5.11 Å². The van der Waals surface area contributed by atoms with Gasteiger partial charge < -0.3 is 21.1 Å². The number of hydrogen-bond donors (Lipinski definition) is 4. The monoisotopic (exact) mass is 525 g/mol. The summed E-state index contributed by atoms with van der Waals surface area (Å²) >= 11 is 7.79. The van der Waals surface area contributed by atoms with E-state index in [1.165, 1.54) is 0 Å². The molecule has 0 bridgehead atoms. The van der Waals surface area contributed by atoms with Crippen molar-refractivity contribution in [1.82, 2.24) is 24.9 Å². The van der Waals surface area contributed by atoms with E-state index < -0.39 is 0 Å². The van der Waals surface area contributed by atoms with Crippen LogP contribution in [0.25, 0.3) is 16.9 Å². The topological polar surface area (TPSA) is 99.4 Å². The first-order valence-electron chi connectivity index (χ1n) is 12.4. The van der Waals surface area contributed by atoms with Gasteiger partial charge in [-0.15, -0.1) is 11.3 Å². The first kappa shape index (κ1) is 25.0. The Hall–Kier alpha value is -2.72. The maximum Gasteiger partial charge on any atom is 0.163 e. The van der Waals surface area contributed by atoms with Gasteiger partial charge >= 0.3 is 0 Å². The van der Waals surface area contributed by atoms with Crippen LogP contribution in [0.1, 0.15) is 49.7 Å². The van der Waals surface area contributed by atoms with Crippen molar-refractivity contribution >= 4 is 40.2 Å². The number of β-amino-alcohol motifs (C(OH)–C–C–N with tert-alkyl or cyclic N) is 1. The minimum Gasteiger partial charge on any atom is -0.391 e. The second-order valence-corrected chi connectivity index (χ2v) is 11.0. The van der Waals surface area contributed by atoms with E-state index in [1.54, 1.807) is 11.3 Å². The van der Waals surface area contributed by atoms with Crippen LogP contribution in [0, 0.1) is 5.92 Å². The summed E-state index contributed by atoms with van der Waals surface area (Å²) in [6, 6.07) is 9.69. The molecule has 4 aromatic rings. The standard InChI is InChI=1S/C26H32ClN7OS/c1-15(2)20-12-30-34-24(10-23(33-25(20)34)29-11-18-7-8-28-13-22(18)35)31-16(3)26-32-21(14-36-26)17-5-4-6-19(27)9-17/h4-6,9-10,12,14-16,18,22,28,31,35H,7-8,11,13H2,1-3H3,(H,29,33)/t16-,18?,22-/m0/s1. The van der Waals surface area contributed by atoms with Gasteiger partial charge in [-0.1, -0.05) is 37.6 Å². The number of thiazole rings is 1. The van der Waals surface area contributed by atoms with Gasteiger partial charge in [0.05, 0.1) is 24.0 Å². The molecule has 190 valence electrons. The highest BCUT2D eigenvalue weighted by Gasteiger charge is 2.23. The summed E-state index contributed by atoms with van der Waals surface area (Å²) in [4.78, 5) is 9.75. The third kappa shape index (κ3) is 5.34. The lowest BCUT2D eigenvalue weighted by Crippen LogP contribution is -2.43. The van der Waals surface area contributed by atoms with Crippen molar-refractivity contribution in [2.24, 2.45) is 5.92 Å². The molecule has 1 fully saturated rings. The van der Waals surface area contributed by atoms with Crippen molar-refractivity contribution in [2.45, 2.75) is 45.3 Å². The molecule has 1 aromatic carbocycles. The number of benzene rings is 1. The molecule has 0 radical (unpaired) electrons. The number of nitrogens with one attached hydrogen (secondary N) is 3. The zero-order valence-corrected chi connectivity index (χ0v) is 22.3. The molecule has 5 rings (SSSR count). The fourth-order valence-electron chi connectivity index (χ4n) is 4.50. The van der Waals surface area contributed by atoms with E-state index in [0.717, 1.165) is 52.1 Å². The van der Waals surface area contributed by atoms with Gasteiger partial charge in [-0.3, -0.25) is 0 Å². The molecule has 4 N–H and O–H groups in total. The van der Waals surface area contributed by atoms with Gasteiger partial charge in [-0.05, 0) is 37.9 Å². The third-order valence-electron chi connectivity index (χ3n) is 6.63. The number of piperidine rings is 1. The molecule has 0 spiro atoms. The molecule has 3 aromatic heterocycles. The minimum atomic E-state index is -0.354. The highest BCUT2D eigenvalue weighted by Crippen LogP contribution is 2.30. The van der Waals surface area contributed by atoms with E-state index in [0.29, 0.717) is 24.0 Å². The summed E-state index contributed by atoms with van der Waals surface area (Å²) < 4.78 is 1.86. The molecule has 1 saturated heterocycles. The Morgan fingerprint density at radius 2 is 2.11 bits per heavy atom. The van der Waals surface area contributed by atoms with Gasteiger partial charge in [-0.25, -0.2) is 9.97 Å². The SMILES string of the molecule is CC(C)c1cnn2c(N[C@@H](C)c3nc(-c4cccc(Cl)c4)cs3)cc(NCC3CCNC[C@@H]3O)nc12. The largest absolute Gasteiger partial charge is 0.391 e. The summed E-state index contributed by atoms with van der Waals surface area (Å²) in [6.45, 7) is 8.61. The Kier molecular flexibility index (Phi) is 7.43. The lowest BCUT2D eigenvalue weighted by molar-refractivity contribution is 0.0883. The lowest BCUT2D eigenvalue weighted by atomic mass is 9.95. The Labute approximate surface area is 220 Å². The van der Waals surface area contributed by atoms with Gasteiger partial charge in [0.1, 0.15) is 16.6 Å². The van der Waals surface area contributed by atoms with Crippen molar-refractivity contribution in [3.8, 4) is 11.3 Å². The molecule has 4 heterocycles. The second-order valence-electron chi connectivity index (χ2n) is 9.67. The van der Waals surface area contributed by atoms with Gasteiger partial charge in [0.2, 0.25) is 0 Å². The lowest BCUT2D eigenvalue weighted by Gasteiger charge is -2.28. The molecule has 3 atom stereocenters. The number of nitrogens with zero attached hydrogens (tertiary/aromatic N) is 4. The van der Waals surface area contributed by atoms with E-state index in [2.05, 4.69) is 47.2 Å². The minimum absolute atomic E-state index is 0.0423. The maximum atomic E-state index is 10.3. The van der Waals surface area contributed by atoms with Crippen molar-refractivity contribution in [3.63, 3.8) is 0 Å². The van der Waals surface area contributed by atoms with Crippen LogP contribution in [0.2, 0.25) is 5.02 Å². The van der Waals surface area contributed by atoms with Crippen LogP contribution in [0.3, 0.4) is 0 Å². The zero-order chi connectivity index (χ0) is 25.2. The molecule has 0 saturated carbocycles. The molecule has 0 amide bonds. The van der Waals surface area contributed by atoms with Gasteiger partial charge in [0.15, 0.2) is 5.65 Å². The molecule has 1 aliphatic heterocycles. The number of aromatic nitrogens is 4. The highest BCUT2D eigenvalue weighted by atomic mass is 35.5. The summed E-state index contributed by atoms with van der Waals surface area (Å²) in [6.07, 6.45) is 2.47. The van der Waals surface area contributed by atoms with E-state index >= 15 is 0 Å². The van der Waals surface area contributed by atoms with Gasteiger partial charge in [0.25, 0.3) is 0 Å². The highest BCUT2D eigenvalue weighted by molar-refractivity contribution is 7.10. The number of hydrogen-bond acceptors (Lipinski definition) is 8. The van der Waals surface area contributed by atoms with Crippen LogP contribution in [0.5, 0.6) is 0 Å². The van der Waals surface area contributed by atoms with Crippen molar-refractivity contribution in [2.75, 3.05) is 30.3 Å². The van der Waals surface area contributed by atoms with Crippen LogP contribution >= 0.6 is 22.9 Å². The molecular formula is C26H32ClN7OS. The van der Waals surface area contributed by atoms with E-state index in [4.69, 9.17) is 21.6 Å². The maximum absolute atomic E-state index is 10.3. The first-order chi connectivity index (χ1) is 17.4. The first-order valence-corrected chi connectivity index (χ1v) is 13.6. The molecule has 1 aliphatic rings. The van der Waals surface area contributed by atoms with E-state index in [9.17, 15) is 5.11 Å². The molecule has 1 unspecified atom stereocenters. The molecule has 36 heavy (non-hydrogen) atoms. The van der Waals surface area contributed by atoms with E-state index in [-0.39, 0.29) is 18.1 Å². The summed E-state index contributed by atoms with van der Waals surface area (Å²) in [7, 11) is 0.